The second-order valence-electron chi connectivity index (χ2n) is 42.2. The molecule has 0 aliphatic heterocycles. The zero-order chi connectivity index (χ0) is 107. The lowest BCUT2D eigenvalue weighted by atomic mass is 10.0. The molecule has 0 saturated heterocycles. The topological polar surface area (TPSA) is 204 Å². The van der Waals surface area contributed by atoms with E-state index in [1.807, 2.05) is 51.1 Å². The quantitative estimate of drug-likeness (QED) is 0.0215. The first-order valence-electron chi connectivity index (χ1n) is 60.0. The molecule has 840 valence electrons. The van der Waals surface area contributed by atoms with Crippen molar-refractivity contribution in [3.05, 3.63) is 108 Å². The number of carbonyl (C=O) groups is 7. The van der Waals surface area contributed by atoms with Crippen LogP contribution >= 0.6 is 0 Å². The molecule has 1 unspecified atom stereocenters. The van der Waals surface area contributed by atoms with Crippen LogP contribution in [0.25, 0.3) is 0 Å². The summed E-state index contributed by atoms with van der Waals surface area (Å²) in [6.07, 6.45) is 80.9. The zero-order valence-corrected chi connectivity index (χ0v) is 95.8. The highest BCUT2D eigenvalue weighted by atomic mass is 19.4. The van der Waals surface area contributed by atoms with Crippen molar-refractivity contribution in [2.75, 3.05) is 39.3 Å². The van der Waals surface area contributed by atoms with Crippen LogP contribution < -0.4 is 37.2 Å². The van der Waals surface area contributed by atoms with E-state index in [1.54, 1.807) is 0 Å². The van der Waals surface area contributed by atoms with Gasteiger partial charge in [-0.2, -0.15) is 22.0 Å². The molecule has 0 aliphatic carbocycles. The standard InChI is InChI=1S/C19H37F2NO.2C19H31NO.C18H37NO.C17H27NO.C17H35NO.C16H30F3NO/c1-4-5-6-7-8-9-10-11-12-13-14-15-19(20,21)18(23)22-16-17(2)3;1-17(2)16-20-19(21)15-11-6-4-3-5-8-12-18-13-9-7-10-14-18;1-2-3-4-5-6-7-8-9-13-16-19(21)20-17-18-14-11-10-12-15-18;1-3-5-7-9-10-11-12-13-14-16-18(20)19-17-15-8-6-4-2;1-15(2)14-18-17(19)13-9-4-3-6-10-16-11-7-5-8-12-16;1-3-5-6-7-8-9-10-11-12-13-14-15-16-17(19)18-4-2;1-3-4-5-6-7-8-9-10-11-12-15(21)20-13-14(2)16(17,18)19/h17H,4-16H2,1-3H3,(H,22,23);7,9-10,13-14,17H,3-6,8,11-12,15-16H2,1-2H3,(H,20,21);10-12,14-15H,2-9,13,16-17H2,1H3,(H,20,21);3-17H2,1-2H3,(H,19,20);5,7-8,11-12,15H,3-4,6,9-10,13-14H2,1-2H3,(H,18,19);3-16H2,1-2H3,(H,18,19);14H,3-13H2,1-2H3,(H,20,21). The van der Waals surface area contributed by atoms with Gasteiger partial charge in [-0.05, 0) is 118 Å². The van der Waals surface area contributed by atoms with Gasteiger partial charge in [0.15, 0.2) is 0 Å². The Balaban J connectivity index is -0.000000795. The van der Waals surface area contributed by atoms with Crippen molar-refractivity contribution in [1.29, 1.82) is 0 Å². The van der Waals surface area contributed by atoms with E-state index in [2.05, 4.69) is 167 Å². The number of hydrogen-bond donors (Lipinski definition) is 7. The second kappa shape index (κ2) is 112. The summed E-state index contributed by atoms with van der Waals surface area (Å²) < 4.78 is 64.0. The summed E-state index contributed by atoms with van der Waals surface area (Å²) in [5, 5.41) is 19.5. The Hall–Kier alpha value is -6.40. The van der Waals surface area contributed by atoms with E-state index < -0.39 is 23.9 Å². The molecule has 14 nitrogen and oxygen atoms in total. The molecule has 0 saturated carbocycles. The Morgan fingerprint density at radius 3 is 0.708 bits per heavy atom. The van der Waals surface area contributed by atoms with Crippen LogP contribution in [0.4, 0.5) is 22.0 Å². The third-order valence-corrected chi connectivity index (χ3v) is 25.9. The number of carbonyl (C=O) groups excluding carboxylic acids is 7. The molecule has 7 N–H and O–H groups in total. The Morgan fingerprint density at radius 2 is 0.444 bits per heavy atom. The molecule has 0 aliphatic rings. The van der Waals surface area contributed by atoms with E-state index in [0.717, 1.165) is 135 Å². The van der Waals surface area contributed by atoms with Gasteiger partial charge in [-0.1, -0.05) is 528 Å². The molecule has 3 rings (SSSR count). The summed E-state index contributed by atoms with van der Waals surface area (Å²) in [5.74, 6) is -3.74. The number of nitrogens with one attached hydrogen (secondary N) is 7. The zero-order valence-electron chi connectivity index (χ0n) is 95.8. The number of unbranched alkanes of at least 4 members (excludes halogenated alkanes) is 56. The Kier molecular flexibility index (Phi) is 112. The molecule has 7 amide bonds. The molecule has 0 fully saturated rings. The van der Waals surface area contributed by atoms with Crippen LogP contribution in [-0.4, -0.2) is 92.7 Å². The van der Waals surface area contributed by atoms with Gasteiger partial charge in [0.25, 0.3) is 5.91 Å². The fraction of sp³-hybridized carbons (Fsp3) is 0.800. The maximum absolute atomic E-state index is 13.6. The van der Waals surface area contributed by atoms with Gasteiger partial charge in [0.1, 0.15) is 0 Å². The Morgan fingerprint density at radius 1 is 0.229 bits per heavy atom. The number of halogens is 5. The van der Waals surface area contributed by atoms with Gasteiger partial charge in [0.2, 0.25) is 35.4 Å². The largest absolute Gasteiger partial charge is 0.393 e. The smallest absolute Gasteiger partial charge is 0.356 e. The van der Waals surface area contributed by atoms with Crippen molar-refractivity contribution >= 4 is 41.4 Å². The van der Waals surface area contributed by atoms with E-state index in [1.165, 1.54) is 339 Å². The van der Waals surface area contributed by atoms with E-state index in [0.29, 0.717) is 63.5 Å². The summed E-state index contributed by atoms with van der Waals surface area (Å²) in [4.78, 5) is 80.3. The van der Waals surface area contributed by atoms with Gasteiger partial charge in [-0.25, -0.2) is 0 Å². The summed E-state index contributed by atoms with van der Waals surface area (Å²) in [5.41, 5.74) is 4.02. The third kappa shape index (κ3) is 116. The molecule has 0 radical (unpaired) electrons. The fourth-order valence-electron chi connectivity index (χ4n) is 16.4. The number of hydrogen-bond acceptors (Lipinski definition) is 7. The molecule has 0 spiro atoms. The Bertz CT molecular complexity index is 3200. The van der Waals surface area contributed by atoms with E-state index in [9.17, 15) is 55.5 Å². The van der Waals surface area contributed by atoms with Crippen LogP contribution in [0.3, 0.4) is 0 Å². The molecular weight excluding hydrogens is 1810 g/mol. The van der Waals surface area contributed by atoms with Crippen molar-refractivity contribution < 1.29 is 55.5 Å². The summed E-state index contributed by atoms with van der Waals surface area (Å²) in [7, 11) is 0. The van der Waals surface area contributed by atoms with Crippen LogP contribution in [0, 0.1) is 23.7 Å². The SMILES string of the molecule is CC(C)CNC(=O)CCCCCCCCc1ccccc1.CC(C)CNC(=O)CCCCCCc1ccccc1.CCCCCCCCCCCC(=O)NCC(C)C(F)(F)F.CCCCCCCCCCCC(=O)NCCCCCC.CCCCCCCCCCCC(=O)NCc1ccccc1.CCCCCCCCCCCCCC(F)(F)C(=O)NCC(C)C.CCCCCCCCCCCCCCC(=O)NCC. The number of rotatable bonds is 88. The van der Waals surface area contributed by atoms with Crippen LogP contribution in [0.5, 0.6) is 0 Å². The van der Waals surface area contributed by atoms with Crippen LogP contribution in [0.1, 0.15) is 570 Å². The minimum atomic E-state index is -4.23. The van der Waals surface area contributed by atoms with Gasteiger partial charge in [-0.15, -0.1) is 0 Å². The van der Waals surface area contributed by atoms with Crippen LogP contribution in [0.2, 0.25) is 0 Å². The van der Waals surface area contributed by atoms with Gasteiger partial charge in [0, 0.05) is 90.8 Å². The predicted octanol–water partition coefficient (Wildman–Crippen LogP) is 36.0. The summed E-state index contributed by atoms with van der Waals surface area (Å²) >= 11 is 0. The summed E-state index contributed by atoms with van der Waals surface area (Å²) in [6, 6.07) is 31.4. The van der Waals surface area contributed by atoms with Crippen LogP contribution in [-0.2, 0) is 52.9 Å². The van der Waals surface area contributed by atoms with E-state index >= 15 is 0 Å². The normalized spacial score (nSPS) is 11.2. The molecule has 0 bridgehead atoms. The molecule has 19 heteroatoms. The number of aryl methyl sites for hydroxylation is 2. The maximum Gasteiger partial charge on any atom is 0.393 e. The molecule has 0 aromatic heterocycles. The molecule has 3 aromatic carbocycles. The van der Waals surface area contributed by atoms with Gasteiger partial charge in [-0.3, -0.25) is 33.6 Å². The van der Waals surface area contributed by atoms with Crippen molar-refractivity contribution in [2.24, 2.45) is 23.7 Å². The van der Waals surface area contributed by atoms with Crippen LogP contribution in [0.15, 0.2) is 91.0 Å². The monoisotopic (exact) mass is 2030 g/mol. The molecule has 3 aromatic rings. The number of benzene rings is 3. The lowest BCUT2D eigenvalue weighted by molar-refractivity contribution is -0.168. The average Bonchev–Trinajstić information content (AvgIpc) is 0.888. The van der Waals surface area contributed by atoms with Crippen molar-refractivity contribution in [1.82, 2.24) is 37.2 Å². The minimum Gasteiger partial charge on any atom is -0.356 e. The highest BCUT2D eigenvalue weighted by molar-refractivity contribution is 5.83. The highest BCUT2D eigenvalue weighted by Gasteiger charge is 2.38. The minimum absolute atomic E-state index is 0.182. The van der Waals surface area contributed by atoms with E-state index in [-0.39, 0.29) is 54.3 Å². The predicted molar refractivity (Wildman–Crippen MR) is 609 cm³/mol. The number of alkyl halides is 5. The molecule has 144 heavy (non-hydrogen) atoms. The summed E-state index contributed by atoms with van der Waals surface area (Å²) in [6.45, 7) is 32.6. The first-order valence-corrected chi connectivity index (χ1v) is 60.0. The maximum atomic E-state index is 13.6. The third-order valence-electron chi connectivity index (χ3n) is 25.9. The van der Waals surface area contributed by atoms with Gasteiger partial charge in [0.05, 0.1) is 5.92 Å². The van der Waals surface area contributed by atoms with Crippen molar-refractivity contribution in [3.63, 3.8) is 0 Å². The molecule has 1 atom stereocenters. The lowest BCUT2D eigenvalue weighted by Crippen LogP contribution is -2.41. The lowest BCUT2D eigenvalue weighted by Gasteiger charge is -2.16. The van der Waals surface area contributed by atoms with Gasteiger partial charge < -0.3 is 37.2 Å². The first-order chi connectivity index (χ1) is 69.6. The van der Waals surface area contributed by atoms with Crippen molar-refractivity contribution in [2.45, 2.75) is 584 Å². The molecule has 0 heterocycles. The highest BCUT2D eigenvalue weighted by Crippen LogP contribution is 2.27. The first kappa shape index (κ1) is 144. The average molecular weight is 2040 g/mol. The second-order valence-corrected chi connectivity index (χ2v) is 42.2. The molecular formula is C125H228F5N7O7. The van der Waals surface area contributed by atoms with E-state index in [4.69, 9.17) is 0 Å². The fourth-order valence-corrected chi connectivity index (χ4v) is 16.4. The van der Waals surface area contributed by atoms with Crippen molar-refractivity contribution in [3.8, 4) is 0 Å². The number of amides is 7. The van der Waals surface area contributed by atoms with Gasteiger partial charge >= 0.3 is 12.1 Å². The Labute approximate surface area is 883 Å².